The van der Waals surface area contributed by atoms with Crippen LogP contribution in [-0.4, -0.2) is 4.57 Å². The first-order valence-corrected chi connectivity index (χ1v) is 23.9. The standard InChI is InChI=1S/C67H44N2/c1-3-18-45(19-4-1)46-34-36-47(37-35-46)48-38-40-50(41-39-48)68(63-31-14-10-25-55(63)53-23-8-7-22-52(53)49-20-5-2-6-21-49)51-42-43-60-58(44-51)54-24-9-12-28-59(54)67(60)61-29-13-16-33-65(61)69-64-32-15-11-26-56(64)57-27-17-30-62(67)66(57)69/h1-44H. The summed E-state index contributed by atoms with van der Waals surface area (Å²) < 4.78 is 2.52. The molecule has 12 aromatic rings. The van der Waals surface area contributed by atoms with Crippen molar-refractivity contribution in [1.29, 1.82) is 0 Å². The van der Waals surface area contributed by atoms with Crippen LogP contribution in [0, 0.1) is 0 Å². The molecule has 1 aliphatic heterocycles. The molecular formula is C67H44N2. The molecule has 2 heterocycles. The molecule has 2 aliphatic rings. The fourth-order valence-corrected chi connectivity index (χ4v) is 11.9. The van der Waals surface area contributed by atoms with Gasteiger partial charge in [0.25, 0.3) is 0 Å². The highest BCUT2D eigenvalue weighted by atomic mass is 15.1. The SMILES string of the molecule is c1ccc(-c2ccc(-c3ccc(N(c4ccc5c(c4)-c4ccccc4C54c5ccccc5-n5c6ccccc6c6cccc4c65)c4ccccc4-c4ccccc4-c4ccccc4)cc3)cc2)cc1. The van der Waals surface area contributed by atoms with Crippen LogP contribution < -0.4 is 4.90 Å². The van der Waals surface area contributed by atoms with Gasteiger partial charge in [-0.2, -0.15) is 0 Å². The minimum absolute atomic E-state index is 0.528. The summed E-state index contributed by atoms with van der Waals surface area (Å²) in [4.78, 5) is 2.47. The van der Waals surface area contributed by atoms with E-state index < -0.39 is 5.41 Å². The van der Waals surface area contributed by atoms with Gasteiger partial charge in [-0.1, -0.05) is 224 Å². The Kier molecular flexibility index (Phi) is 8.84. The van der Waals surface area contributed by atoms with E-state index in [-0.39, 0.29) is 0 Å². The Bertz CT molecular complexity index is 3940. The summed E-state index contributed by atoms with van der Waals surface area (Å²) in [6, 6.07) is 98.5. The molecule has 1 aromatic heterocycles. The van der Waals surface area contributed by atoms with Crippen LogP contribution in [0.1, 0.15) is 22.3 Å². The first-order chi connectivity index (χ1) is 34.3. The van der Waals surface area contributed by atoms with E-state index in [1.165, 1.54) is 99.8 Å². The lowest BCUT2D eigenvalue weighted by atomic mass is 9.65. The molecule has 2 nitrogen and oxygen atoms in total. The summed E-state index contributed by atoms with van der Waals surface area (Å²) in [5, 5.41) is 2.56. The number of anilines is 3. The summed E-state index contributed by atoms with van der Waals surface area (Å²) in [5.41, 5.74) is 23.8. The number of benzene rings is 11. The molecule has 2 heteroatoms. The summed E-state index contributed by atoms with van der Waals surface area (Å²) in [6.45, 7) is 0. The van der Waals surface area contributed by atoms with Gasteiger partial charge in [-0.05, 0) is 115 Å². The molecule has 0 fully saturated rings. The highest BCUT2D eigenvalue weighted by molar-refractivity contribution is 6.13. The zero-order valence-corrected chi connectivity index (χ0v) is 37.8. The first kappa shape index (κ1) is 39.2. The van der Waals surface area contributed by atoms with Gasteiger partial charge in [0, 0.05) is 27.7 Å². The van der Waals surface area contributed by atoms with Crippen molar-refractivity contribution < 1.29 is 0 Å². The molecule has 0 N–H and O–H groups in total. The third kappa shape index (κ3) is 5.86. The molecule has 1 aliphatic carbocycles. The van der Waals surface area contributed by atoms with Gasteiger partial charge in [0.1, 0.15) is 0 Å². The Morgan fingerprint density at radius 1 is 0.290 bits per heavy atom. The lowest BCUT2D eigenvalue weighted by Crippen LogP contribution is -2.33. The van der Waals surface area contributed by atoms with Gasteiger partial charge in [0.2, 0.25) is 0 Å². The number of aromatic nitrogens is 1. The molecule has 0 bridgehead atoms. The van der Waals surface area contributed by atoms with Gasteiger partial charge >= 0.3 is 0 Å². The van der Waals surface area contributed by atoms with Crippen molar-refractivity contribution in [3.63, 3.8) is 0 Å². The van der Waals surface area contributed by atoms with Crippen LogP contribution in [0.5, 0.6) is 0 Å². The highest BCUT2D eigenvalue weighted by Gasteiger charge is 2.51. The molecule has 69 heavy (non-hydrogen) atoms. The number of hydrogen-bond donors (Lipinski definition) is 0. The second-order valence-electron chi connectivity index (χ2n) is 18.4. The smallest absolute Gasteiger partial charge is 0.0754 e. The molecule has 1 unspecified atom stereocenters. The van der Waals surface area contributed by atoms with Crippen LogP contribution in [-0.2, 0) is 5.41 Å². The Morgan fingerprint density at radius 2 is 0.797 bits per heavy atom. The van der Waals surface area contributed by atoms with E-state index in [0.29, 0.717) is 0 Å². The molecule has 0 amide bonds. The number of hydrogen-bond acceptors (Lipinski definition) is 1. The normalized spacial score (nSPS) is 14.1. The van der Waals surface area contributed by atoms with Crippen molar-refractivity contribution in [3.05, 3.63) is 289 Å². The first-order valence-electron chi connectivity index (χ1n) is 23.9. The molecule has 14 rings (SSSR count). The maximum Gasteiger partial charge on any atom is 0.0754 e. The lowest BCUT2D eigenvalue weighted by molar-refractivity contribution is 0.748. The van der Waals surface area contributed by atoms with Crippen molar-refractivity contribution in [2.24, 2.45) is 0 Å². The van der Waals surface area contributed by atoms with E-state index in [4.69, 9.17) is 0 Å². The highest BCUT2D eigenvalue weighted by Crippen LogP contribution is 2.62. The largest absolute Gasteiger partial charge is 0.310 e. The van der Waals surface area contributed by atoms with E-state index in [1.807, 2.05) is 0 Å². The van der Waals surface area contributed by atoms with Crippen molar-refractivity contribution in [3.8, 4) is 61.3 Å². The molecule has 11 aromatic carbocycles. The summed E-state index contributed by atoms with van der Waals surface area (Å²) in [6.07, 6.45) is 0. The van der Waals surface area contributed by atoms with Gasteiger partial charge in [-0.3, -0.25) is 0 Å². The minimum Gasteiger partial charge on any atom is -0.310 e. The molecule has 0 saturated heterocycles. The van der Waals surface area contributed by atoms with E-state index in [9.17, 15) is 0 Å². The number of fused-ring (bicyclic) bond motifs is 12. The second-order valence-corrected chi connectivity index (χ2v) is 18.4. The Labute approximate surface area is 402 Å². The van der Waals surface area contributed by atoms with Crippen LogP contribution in [0.3, 0.4) is 0 Å². The molecule has 1 spiro atoms. The molecule has 0 saturated carbocycles. The second kappa shape index (κ2) is 15.6. The van der Waals surface area contributed by atoms with E-state index in [1.54, 1.807) is 0 Å². The average Bonchev–Trinajstić information content (AvgIpc) is 3.92. The number of para-hydroxylation sites is 4. The summed E-state index contributed by atoms with van der Waals surface area (Å²) >= 11 is 0. The van der Waals surface area contributed by atoms with Crippen LogP contribution in [0.15, 0.2) is 267 Å². The van der Waals surface area contributed by atoms with Gasteiger partial charge in [0.15, 0.2) is 0 Å². The summed E-state index contributed by atoms with van der Waals surface area (Å²) in [7, 11) is 0. The lowest BCUT2D eigenvalue weighted by Gasteiger charge is -2.39. The molecule has 1 atom stereocenters. The van der Waals surface area contributed by atoms with E-state index in [2.05, 4.69) is 276 Å². The number of rotatable bonds is 7. The predicted molar refractivity (Wildman–Crippen MR) is 288 cm³/mol. The molecular weight excluding hydrogens is 833 g/mol. The van der Waals surface area contributed by atoms with E-state index >= 15 is 0 Å². The Hall–Kier alpha value is -8.98. The third-order valence-corrected chi connectivity index (χ3v) is 14.8. The Balaban J connectivity index is 0.981. The predicted octanol–water partition coefficient (Wildman–Crippen LogP) is 17.6. The summed E-state index contributed by atoms with van der Waals surface area (Å²) in [5.74, 6) is 0. The van der Waals surface area contributed by atoms with E-state index in [0.717, 1.165) is 22.6 Å². The number of nitrogens with zero attached hydrogens (tertiary/aromatic N) is 2. The monoisotopic (exact) mass is 876 g/mol. The van der Waals surface area contributed by atoms with Crippen molar-refractivity contribution in [2.75, 3.05) is 4.90 Å². The van der Waals surface area contributed by atoms with Crippen LogP contribution in [0.25, 0.3) is 83.1 Å². The fraction of sp³-hybridized carbons (Fsp3) is 0.0149. The zero-order valence-electron chi connectivity index (χ0n) is 37.8. The third-order valence-electron chi connectivity index (χ3n) is 14.8. The Morgan fingerprint density at radius 3 is 1.55 bits per heavy atom. The van der Waals surface area contributed by atoms with Crippen molar-refractivity contribution in [1.82, 2.24) is 4.57 Å². The minimum atomic E-state index is -0.528. The molecule has 322 valence electrons. The maximum absolute atomic E-state index is 2.52. The van der Waals surface area contributed by atoms with Gasteiger partial charge in [0.05, 0.1) is 27.8 Å². The molecule has 0 radical (unpaired) electrons. The van der Waals surface area contributed by atoms with Crippen LogP contribution in [0.4, 0.5) is 17.1 Å². The van der Waals surface area contributed by atoms with Crippen molar-refractivity contribution in [2.45, 2.75) is 5.41 Å². The topological polar surface area (TPSA) is 8.17 Å². The fourth-order valence-electron chi connectivity index (χ4n) is 11.9. The van der Waals surface area contributed by atoms with Gasteiger partial charge < -0.3 is 9.47 Å². The quantitative estimate of drug-likeness (QED) is 0.155. The van der Waals surface area contributed by atoms with Gasteiger partial charge in [-0.15, -0.1) is 0 Å². The zero-order chi connectivity index (χ0) is 45.5. The van der Waals surface area contributed by atoms with Gasteiger partial charge in [-0.25, -0.2) is 0 Å². The average molecular weight is 877 g/mol. The van der Waals surface area contributed by atoms with Crippen molar-refractivity contribution >= 4 is 38.9 Å². The van der Waals surface area contributed by atoms with Crippen LogP contribution in [0.2, 0.25) is 0 Å². The van der Waals surface area contributed by atoms with Crippen LogP contribution >= 0.6 is 0 Å². The maximum atomic E-state index is 2.52.